The first-order valence-corrected chi connectivity index (χ1v) is 19.1. The van der Waals surface area contributed by atoms with Crippen LogP contribution in [0.15, 0.2) is 109 Å². The number of unbranched alkanes of at least 4 members (excludes halogenated alkanes) is 3. The maximum absolute atomic E-state index is 12.5. The van der Waals surface area contributed by atoms with Gasteiger partial charge in [0.15, 0.2) is 11.5 Å². The third-order valence-electron chi connectivity index (χ3n) is 7.42. The molecule has 4 aromatic carbocycles. The average molecular weight is 678 g/mol. The van der Waals surface area contributed by atoms with Crippen LogP contribution in [0.5, 0.6) is 17.2 Å². The summed E-state index contributed by atoms with van der Waals surface area (Å²) in [5, 5.41) is 7.29. The zero-order valence-corrected chi connectivity index (χ0v) is 29.1. The SMILES string of the molecule is COc1cc(/C=C/C(=O)NCCCCCC[P+](c2ccccc2)(c2ccccc2)c2ccccc2)cc(OC)c1OC.CS(=O)(=O)[O-]. The molecular formula is C37H44NO7PS. The van der Waals surface area contributed by atoms with Gasteiger partial charge in [-0.2, -0.15) is 0 Å². The fourth-order valence-corrected chi connectivity index (χ4v) is 9.76. The predicted molar refractivity (Wildman–Crippen MR) is 192 cm³/mol. The fourth-order valence-electron chi connectivity index (χ4n) is 5.35. The van der Waals surface area contributed by atoms with Gasteiger partial charge in [-0.1, -0.05) is 61.0 Å². The summed E-state index contributed by atoms with van der Waals surface area (Å²) in [7, 11) is -0.988. The standard InChI is InChI=1S/C36H40NO4P.CH4O3S/c1-39-33-27-29(28-34(40-2)36(33)41-3)23-24-35(38)37-25-15-4-5-16-26-42(30-17-9-6-10-18-30,31-19-11-7-12-20-31)32-21-13-8-14-22-32;1-5(2,3)4/h6-14,17-24,27-28H,4-5,15-16,25-26H2,1-3H3;1H3,(H,2,3,4)/b24-23+;. The molecule has 0 aliphatic rings. The Hall–Kier alpha value is -4.17. The number of hydrogen-bond acceptors (Lipinski definition) is 7. The lowest BCUT2D eigenvalue weighted by Gasteiger charge is -2.27. The maximum Gasteiger partial charge on any atom is 0.243 e. The molecule has 250 valence electrons. The first-order valence-electron chi connectivity index (χ1n) is 15.3. The molecule has 0 bridgehead atoms. The van der Waals surface area contributed by atoms with Gasteiger partial charge < -0.3 is 24.1 Å². The van der Waals surface area contributed by atoms with E-state index in [1.807, 2.05) is 12.1 Å². The van der Waals surface area contributed by atoms with Gasteiger partial charge in [-0.3, -0.25) is 4.79 Å². The quantitative estimate of drug-likeness (QED) is 0.0759. The van der Waals surface area contributed by atoms with Crippen molar-refractivity contribution in [2.45, 2.75) is 25.7 Å². The highest BCUT2D eigenvalue weighted by atomic mass is 32.2. The second-order valence-corrected chi connectivity index (χ2v) is 15.8. The van der Waals surface area contributed by atoms with Crippen molar-refractivity contribution in [1.29, 1.82) is 0 Å². The summed E-state index contributed by atoms with van der Waals surface area (Å²) in [6, 6.07) is 36.7. The van der Waals surface area contributed by atoms with Gasteiger partial charge in [0.1, 0.15) is 23.2 Å². The Balaban J connectivity index is 0.00000111. The number of benzene rings is 4. The highest BCUT2D eigenvalue weighted by Gasteiger charge is 2.44. The molecule has 0 atom stereocenters. The molecule has 0 radical (unpaired) electrons. The molecule has 1 amide bonds. The number of methoxy groups -OCH3 is 3. The van der Waals surface area contributed by atoms with Gasteiger partial charge in [0, 0.05) is 18.9 Å². The van der Waals surface area contributed by atoms with E-state index >= 15 is 0 Å². The van der Waals surface area contributed by atoms with Crippen LogP contribution in [0, 0.1) is 0 Å². The molecule has 4 rings (SSSR count). The number of rotatable bonds is 15. The van der Waals surface area contributed by atoms with Crippen molar-refractivity contribution in [3.05, 3.63) is 115 Å². The third kappa shape index (κ3) is 11.5. The molecule has 0 fully saturated rings. The van der Waals surface area contributed by atoms with E-state index in [2.05, 4.69) is 96.3 Å². The zero-order valence-electron chi connectivity index (χ0n) is 27.4. The van der Waals surface area contributed by atoms with Gasteiger partial charge >= 0.3 is 0 Å². The summed E-state index contributed by atoms with van der Waals surface area (Å²) in [5.41, 5.74) is 0.793. The Morgan fingerprint density at radius 2 is 1.15 bits per heavy atom. The second-order valence-electron chi connectivity index (χ2n) is 10.7. The number of hydrogen-bond donors (Lipinski definition) is 1. The molecule has 0 saturated heterocycles. The van der Waals surface area contributed by atoms with E-state index in [1.54, 1.807) is 33.5 Å². The molecule has 0 saturated carbocycles. The molecule has 0 unspecified atom stereocenters. The highest BCUT2D eigenvalue weighted by Crippen LogP contribution is 2.56. The Bertz CT molecular complexity index is 1540. The van der Waals surface area contributed by atoms with Crippen LogP contribution in [0.3, 0.4) is 0 Å². The van der Waals surface area contributed by atoms with E-state index in [4.69, 9.17) is 27.2 Å². The van der Waals surface area contributed by atoms with Crippen LogP contribution in [0.25, 0.3) is 6.08 Å². The fraction of sp³-hybridized carbons (Fsp3) is 0.270. The Labute approximate surface area is 279 Å². The lowest BCUT2D eigenvalue weighted by atomic mass is 10.1. The number of carbonyl (C=O) groups excluding carboxylic acids is 1. The molecule has 47 heavy (non-hydrogen) atoms. The first-order chi connectivity index (χ1) is 22.6. The zero-order chi connectivity index (χ0) is 34.1. The molecule has 10 heteroatoms. The van der Waals surface area contributed by atoms with Crippen LogP contribution in [-0.2, 0) is 14.9 Å². The molecule has 8 nitrogen and oxygen atoms in total. The summed E-state index contributed by atoms with van der Waals surface area (Å²) in [6.45, 7) is 0.648. The first kappa shape index (κ1) is 37.3. The van der Waals surface area contributed by atoms with E-state index < -0.39 is 17.4 Å². The van der Waals surface area contributed by atoms with Crippen LogP contribution >= 0.6 is 7.26 Å². The third-order valence-corrected chi connectivity index (χ3v) is 12.0. The molecule has 0 heterocycles. The Morgan fingerprint density at radius 3 is 1.55 bits per heavy atom. The van der Waals surface area contributed by atoms with Gasteiger partial charge in [-0.05, 0) is 79.4 Å². The number of ether oxygens (including phenoxy) is 3. The second kappa shape index (κ2) is 18.8. The van der Waals surface area contributed by atoms with Crippen LogP contribution in [-0.4, -0.2) is 59.2 Å². The summed E-state index contributed by atoms with van der Waals surface area (Å²) in [4.78, 5) is 12.5. The van der Waals surface area contributed by atoms with Crippen molar-refractivity contribution in [1.82, 2.24) is 5.32 Å². The maximum atomic E-state index is 12.5. The van der Waals surface area contributed by atoms with Crippen LogP contribution in [0.4, 0.5) is 0 Å². The summed E-state index contributed by atoms with van der Waals surface area (Å²) in [5.74, 6) is 1.51. The van der Waals surface area contributed by atoms with E-state index in [1.165, 1.54) is 15.9 Å². The largest absolute Gasteiger partial charge is 0.748 e. The summed E-state index contributed by atoms with van der Waals surface area (Å²) >= 11 is 0. The normalized spacial score (nSPS) is 11.3. The molecule has 0 aliphatic carbocycles. The van der Waals surface area contributed by atoms with Gasteiger partial charge in [-0.25, -0.2) is 8.42 Å². The van der Waals surface area contributed by atoms with Crippen molar-refractivity contribution >= 4 is 45.3 Å². The van der Waals surface area contributed by atoms with Gasteiger partial charge in [0.25, 0.3) is 0 Å². The van der Waals surface area contributed by atoms with E-state index in [0.717, 1.165) is 37.4 Å². The molecular weight excluding hydrogens is 633 g/mol. The van der Waals surface area contributed by atoms with Crippen LogP contribution < -0.4 is 35.4 Å². The molecule has 4 aromatic rings. The smallest absolute Gasteiger partial charge is 0.243 e. The topological polar surface area (TPSA) is 114 Å². The highest BCUT2D eigenvalue weighted by molar-refractivity contribution is 7.95. The Kier molecular flexibility index (Phi) is 15.0. The van der Waals surface area contributed by atoms with Crippen molar-refractivity contribution in [2.75, 3.05) is 40.3 Å². The molecule has 0 aliphatic heterocycles. The van der Waals surface area contributed by atoms with Crippen molar-refractivity contribution in [3.63, 3.8) is 0 Å². The molecule has 0 aromatic heterocycles. The molecule has 1 N–H and O–H groups in total. The summed E-state index contributed by atoms with van der Waals surface area (Å²) < 4.78 is 43.4. The van der Waals surface area contributed by atoms with Gasteiger partial charge in [0.2, 0.25) is 11.7 Å². The monoisotopic (exact) mass is 677 g/mol. The van der Waals surface area contributed by atoms with Crippen LogP contribution in [0.2, 0.25) is 0 Å². The minimum Gasteiger partial charge on any atom is -0.748 e. The van der Waals surface area contributed by atoms with E-state index in [0.29, 0.717) is 30.0 Å². The van der Waals surface area contributed by atoms with Crippen molar-refractivity contribution in [2.24, 2.45) is 0 Å². The lowest BCUT2D eigenvalue weighted by Crippen LogP contribution is -2.33. The average Bonchev–Trinajstić information content (AvgIpc) is 3.08. The van der Waals surface area contributed by atoms with Gasteiger partial charge in [0.05, 0.1) is 37.6 Å². The summed E-state index contributed by atoms with van der Waals surface area (Å²) in [6.07, 6.45) is 9.26. The number of amides is 1. The minimum atomic E-state index is -3.92. The van der Waals surface area contributed by atoms with E-state index in [-0.39, 0.29) is 5.91 Å². The minimum absolute atomic E-state index is 0.120. The number of nitrogens with one attached hydrogen (secondary N) is 1. The van der Waals surface area contributed by atoms with Crippen molar-refractivity contribution in [3.8, 4) is 17.2 Å². The number of carbonyl (C=O) groups is 1. The van der Waals surface area contributed by atoms with Crippen molar-refractivity contribution < 1.29 is 32.0 Å². The van der Waals surface area contributed by atoms with Crippen LogP contribution in [0.1, 0.15) is 31.2 Å². The van der Waals surface area contributed by atoms with Gasteiger partial charge in [-0.15, -0.1) is 0 Å². The molecule has 0 spiro atoms. The predicted octanol–water partition coefficient (Wildman–Crippen LogP) is 5.56. The lowest BCUT2D eigenvalue weighted by molar-refractivity contribution is -0.116. The van der Waals surface area contributed by atoms with E-state index in [9.17, 15) is 4.79 Å². The Morgan fingerprint density at radius 1 is 0.723 bits per heavy atom.